The maximum Gasteiger partial charge on any atom is 0.230 e. The Balaban J connectivity index is 1.41. The van der Waals surface area contributed by atoms with E-state index in [0.717, 1.165) is 25.8 Å². The lowest BCUT2D eigenvalue weighted by Gasteiger charge is -2.37. The first kappa shape index (κ1) is 24.5. The molecule has 29 heavy (non-hydrogen) atoms. The van der Waals surface area contributed by atoms with Gasteiger partial charge in [-0.15, -0.1) is 0 Å². The summed E-state index contributed by atoms with van der Waals surface area (Å²) in [5, 5.41) is 3.25. The first-order valence-corrected chi connectivity index (χ1v) is 12.9. The molecule has 2 heteroatoms. The van der Waals surface area contributed by atoms with Crippen LogP contribution in [0.1, 0.15) is 130 Å². The molecule has 0 aromatic rings. The van der Waals surface area contributed by atoms with Gasteiger partial charge in [-0.2, -0.15) is 0 Å². The molecule has 0 heterocycles. The van der Waals surface area contributed by atoms with Gasteiger partial charge in [-0.05, 0) is 37.0 Å². The highest BCUT2D eigenvalue weighted by molar-refractivity contribution is 5.87. The summed E-state index contributed by atoms with van der Waals surface area (Å²) in [6.45, 7) is 12.0. The maximum atomic E-state index is 12.9. The molecule has 2 atom stereocenters. The van der Waals surface area contributed by atoms with Crippen molar-refractivity contribution in [3.05, 3.63) is 12.2 Å². The zero-order valence-corrected chi connectivity index (χ0v) is 19.9. The molecular formula is C27H49NO. The third kappa shape index (κ3) is 6.59. The van der Waals surface area contributed by atoms with Crippen LogP contribution in [0, 0.1) is 16.7 Å². The fourth-order valence-corrected chi connectivity index (χ4v) is 5.83. The van der Waals surface area contributed by atoms with Crippen LogP contribution in [-0.2, 0) is 4.79 Å². The third-order valence-corrected chi connectivity index (χ3v) is 8.14. The summed E-state index contributed by atoms with van der Waals surface area (Å²) in [4.78, 5) is 12.9. The molecule has 0 radical (unpaired) electrons. The van der Waals surface area contributed by atoms with Gasteiger partial charge < -0.3 is 5.32 Å². The third-order valence-electron chi connectivity index (χ3n) is 8.14. The molecule has 2 bridgehead atoms. The maximum absolute atomic E-state index is 12.9. The molecule has 2 saturated carbocycles. The first-order valence-electron chi connectivity index (χ1n) is 12.9. The standard InChI is InChI=1S/C27H49NO/c1-5-6-7-8-9-10-11-12-13-14-15-16-17-18-21-28-25(29)27-20-19-24(22-27)26(3,4)23(27)2/h24H,2,5-22H2,1,3-4H3,(H,28,29). The van der Waals surface area contributed by atoms with E-state index in [1.165, 1.54) is 95.5 Å². The van der Waals surface area contributed by atoms with Gasteiger partial charge in [0.25, 0.3) is 0 Å². The summed E-state index contributed by atoms with van der Waals surface area (Å²) in [5.41, 5.74) is 1.09. The van der Waals surface area contributed by atoms with Crippen LogP contribution in [-0.4, -0.2) is 12.5 Å². The van der Waals surface area contributed by atoms with Crippen LogP contribution in [0.5, 0.6) is 0 Å². The Hall–Kier alpha value is -0.790. The molecule has 1 amide bonds. The molecule has 0 spiro atoms. The predicted octanol–water partition coefficient (Wildman–Crippen LogP) is 7.97. The normalized spacial score (nSPS) is 24.9. The van der Waals surface area contributed by atoms with Gasteiger partial charge in [-0.3, -0.25) is 4.79 Å². The Morgan fingerprint density at radius 3 is 1.83 bits per heavy atom. The van der Waals surface area contributed by atoms with Crippen LogP contribution in [0.4, 0.5) is 0 Å². The van der Waals surface area contributed by atoms with Crippen molar-refractivity contribution >= 4 is 5.91 Å². The summed E-state index contributed by atoms with van der Waals surface area (Å²) in [6.07, 6.45) is 22.5. The number of hydrogen-bond acceptors (Lipinski definition) is 1. The zero-order chi connectivity index (χ0) is 21.2. The second kappa shape index (κ2) is 12.2. The molecule has 2 fully saturated rings. The molecule has 168 valence electrons. The van der Waals surface area contributed by atoms with Crippen molar-refractivity contribution in [2.45, 2.75) is 130 Å². The van der Waals surface area contributed by atoms with Gasteiger partial charge in [0, 0.05) is 6.54 Å². The Morgan fingerprint density at radius 1 is 0.897 bits per heavy atom. The van der Waals surface area contributed by atoms with Gasteiger partial charge in [0.1, 0.15) is 0 Å². The molecule has 2 nitrogen and oxygen atoms in total. The van der Waals surface area contributed by atoms with Crippen molar-refractivity contribution in [3.63, 3.8) is 0 Å². The van der Waals surface area contributed by atoms with Crippen LogP contribution in [0.2, 0.25) is 0 Å². The van der Waals surface area contributed by atoms with E-state index in [1.807, 2.05) is 0 Å². The van der Waals surface area contributed by atoms with E-state index >= 15 is 0 Å². The largest absolute Gasteiger partial charge is 0.355 e. The molecule has 0 saturated heterocycles. The lowest BCUT2D eigenvalue weighted by atomic mass is 9.68. The summed E-state index contributed by atoms with van der Waals surface area (Å²) < 4.78 is 0. The number of nitrogens with one attached hydrogen (secondary N) is 1. The summed E-state index contributed by atoms with van der Waals surface area (Å²) >= 11 is 0. The van der Waals surface area contributed by atoms with E-state index in [-0.39, 0.29) is 16.7 Å². The smallest absolute Gasteiger partial charge is 0.230 e. The van der Waals surface area contributed by atoms with Gasteiger partial charge in [0.2, 0.25) is 5.91 Å². The molecule has 0 aliphatic heterocycles. The molecule has 2 aliphatic carbocycles. The molecule has 1 N–H and O–H groups in total. The predicted molar refractivity (Wildman–Crippen MR) is 126 cm³/mol. The highest BCUT2D eigenvalue weighted by Crippen LogP contribution is 2.65. The highest BCUT2D eigenvalue weighted by Gasteiger charge is 2.60. The summed E-state index contributed by atoms with van der Waals surface area (Å²) in [6, 6.07) is 0. The average Bonchev–Trinajstić information content (AvgIpc) is 3.23. The molecule has 2 unspecified atom stereocenters. The number of fused-ring (bicyclic) bond motifs is 2. The van der Waals surface area contributed by atoms with Gasteiger partial charge in [0.05, 0.1) is 5.41 Å². The van der Waals surface area contributed by atoms with Crippen molar-refractivity contribution in [2.75, 3.05) is 6.54 Å². The van der Waals surface area contributed by atoms with E-state index in [0.29, 0.717) is 5.92 Å². The monoisotopic (exact) mass is 403 g/mol. The topological polar surface area (TPSA) is 29.1 Å². The van der Waals surface area contributed by atoms with E-state index in [1.54, 1.807) is 0 Å². The Kier molecular flexibility index (Phi) is 10.3. The van der Waals surface area contributed by atoms with Gasteiger partial charge >= 0.3 is 0 Å². The summed E-state index contributed by atoms with van der Waals surface area (Å²) in [5.74, 6) is 0.923. The Labute approximate surface area is 181 Å². The Morgan fingerprint density at radius 2 is 1.38 bits per heavy atom. The number of carbonyl (C=O) groups excluding carboxylic acids is 1. The van der Waals surface area contributed by atoms with Crippen molar-refractivity contribution in [1.82, 2.24) is 5.32 Å². The minimum absolute atomic E-state index is 0.143. The molecule has 0 aromatic heterocycles. The minimum atomic E-state index is -0.246. The van der Waals surface area contributed by atoms with E-state index in [9.17, 15) is 4.79 Å². The SMILES string of the molecule is C=C1C2(C(=O)NCCCCCCCCCCCCCCCC)CCC(C2)C1(C)C. The first-order chi connectivity index (χ1) is 13.9. The number of amides is 1. The Bertz CT molecular complexity index is 509. The lowest BCUT2D eigenvalue weighted by Crippen LogP contribution is -2.41. The van der Waals surface area contributed by atoms with Crippen LogP contribution in [0.25, 0.3) is 0 Å². The highest BCUT2D eigenvalue weighted by atomic mass is 16.2. The number of hydrogen-bond donors (Lipinski definition) is 1. The van der Waals surface area contributed by atoms with Crippen molar-refractivity contribution in [3.8, 4) is 0 Å². The van der Waals surface area contributed by atoms with Gasteiger partial charge in [0.15, 0.2) is 0 Å². The average molecular weight is 404 g/mol. The van der Waals surface area contributed by atoms with Crippen LogP contribution in [0.3, 0.4) is 0 Å². The fourth-order valence-electron chi connectivity index (χ4n) is 5.83. The summed E-state index contributed by atoms with van der Waals surface area (Å²) in [7, 11) is 0. The number of rotatable bonds is 16. The second-order valence-electron chi connectivity index (χ2n) is 10.6. The van der Waals surface area contributed by atoms with Gasteiger partial charge in [-0.25, -0.2) is 0 Å². The van der Waals surface area contributed by atoms with Crippen LogP contribution in [0.15, 0.2) is 12.2 Å². The van der Waals surface area contributed by atoms with E-state index < -0.39 is 0 Å². The molecule has 0 aromatic carbocycles. The molecule has 2 rings (SSSR count). The van der Waals surface area contributed by atoms with E-state index in [4.69, 9.17) is 0 Å². The van der Waals surface area contributed by atoms with Crippen LogP contribution < -0.4 is 5.32 Å². The van der Waals surface area contributed by atoms with Crippen molar-refractivity contribution < 1.29 is 4.79 Å². The molecule has 2 aliphatic rings. The zero-order valence-electron chi connectivity index (χ0n) is 19.9. The lowest BCUT2D eigenvalue weighted by molar-refractivity contribution is -0.128. The number of unbranched alkanes of at least 4 members (excludes halogenated alkanes) is 13. The number of carbonyl (C=O) groups is 1. The van der Waals surface area contributed by atoms with E-state index in [2.05, 4.69) is 32.7 Å². The van der Waals surface area contributed by atoms with Gasteiger partial charge in [-0.1, -0.05) is 116 Å². The van der Waals surface area contributed by atoms with Crippen molar-refractivity contribution in [1.29, 1.82) is 0 Å². The van der Waals surface area contributed by atoms with Crippen molar-refractivity contribution in [2.24, 2.45) is 16.7 Å². The quantitative estimate of drug-likeness (QED) is 0.205. The molecular weight excluding hydrogens is 354 g/mol. The van der Waals surface area contributed by atoms with Crippen LogP contribution >= 0.6 is 0 Å². The minimum Gasteiger partial charge on any atom is -0.355 e. The second-order valence-corrected chi connectivity index (χ2v) is 10.6. The fraction of sp³-hybridized carbons (Fsp3) is 0.889.